The Hall–Kier alpha value is 0.440. The Bertz CT molecular complexity index is 1420. The van der Waals surface area contributed by atoms with Crippen LogP contribution in [0.15, 0.2) is 59.0 Å². The van der Waals surface area contributed by atoms with Crippen LogP contribution in [-0.4, -0.2) is 42.2 Å². The predicted octanol–water partition coefficient (Wildman–Crippen LogP) is 5.17. The molecule has 270 valence electrons. The molecule has 4 atom stereocenters. The zero-order valence-electron chi connectivity index (χ0n) is 29.7. The van der Waals surface area contributed by atoms with Crippen LogP contribution < -0.4 is 42.4 Å². The van der Waals surface area contributed by atoms with Gasteiger partial charge in [-0.3, -0.25) is 0 Å². The third-order valence-electron chi connectivity index (χ3n) is 8.94. The van der Waals surface area contributed by atoms with E-state index in [1.807, 2.05) is 56.8 Å². The molecule has 0 N–H and O–H groups in total. The molecule has 3 nitrogen and oxygen atoms in total. The first kappa shape index (κ1) is 41.2. The summed E-state index contributed by atoms with van der Waals surface area (Å²) >= 11 is 12.5. The maximum absolute atomic E-state index is 14.3. The Morgan fingerprint density at radius 3 is 2.23 bits per heavy atom. The molecule has 9 heteroatoms. The van der Waals surface area contributed by atoms with Crippen LogP contribution in [0.25, 0.3) is 0 Å². The van der Waals surface area contributed by atoms with Crippen molar-refractivity contribution in [2.24, 2.45) is 11.8 Å². The summed E-state index contributed by atoms with van der Waals surface area (Å²) in [5.41, 5.74) is 3.60. The van der Waals surface area contributed by atoms with Crippen LogP contribution >= 0.6 is 54.8 Å². The molecule has 48 heavy (non-hydrogen) atoms. The van der Waals surface area contributed by atoms with Gasteiger partial charge < -0.3 is 0 Å². The second-order valence-electron chi connectivity index (χ2n) is 14.7. The molecule has 4 rings (SSSR count). The van der Waals surface area contributed by atoms with Crippen molar-refractivity contribution in [1.82, 2.24) is 0 Å². The number of thioether (sulfide) groups is 1. The number of benzene rings is 2. The summed E-state index contributed by atoms with van der Waals surface area (Å²) < 4.78 is 11.1. The molecule has 0 amide bonds. The van der Waals surface area contributed by atoms with Gasteiger partial charge in [-0.25, -0.2) is 0 Å². The summed E-state index contributed by atoms with van der Waals surface area (Å²) in [4.78, 5) is 27.8. The number of carbonyl (C=O) groups is 2. The van der Waals surface area contributed by atoms with E-state index in [0.717, 1.165) is 42.4 Å². The average molecular weight is 1050 g/mol. The van der Waals surface area contributed by atoms with Crippen LogP contribution in [0.4, 0.5) is 0 Å². The van der Waals surface area contributed by atoms with Crippen molar-refractivity contribution in [2.75, 3.05) is 19.0 Å². The number of esters is 1. The third-order valence-corrected chi connectivity index (χ3v) is 26.2. The Kier molecular flexibility index (Phi) is 15.8. The Balaban J connectivity index is 1.44. The minimum absolute atomic E-state index is 0.0295. The van der Waals surface area contributed by atoms with Crippen molar-refractivity contribution in [3.05, 3.63) is 80.2 Å². The van der Waals surface area contributed by atoms with E-state index in [9.17, 15) is 9.59 Å². The van der Waals surface area contributed by atoms with Crippen LogP contribution in [-0.2, 0) is 19.7 Å². The average Bonchev–Trinajstić information content (AvgIpc) is 3.46. The molecule has 0 spiro atoms. The monoisotopic (exact) mass is 1050 g/mol. The first-order valence-corrected chi connectivity index (χ1v) is 28.2. The summed E-state index contributed by atoms with van der Waals surface area (Å²) in [7, 11) is 0. The van der Waals surface area contributed by atoms with Gasteiger partial charge in [0.05, 0.1) is 0 Å². The Morgan fingerprint density at radius 1 is 1.02 bits per heavy atom. The van der Waals surface area contributed by atoms with Gasteiger partial charge in [-0.15, -0.1) is 0 Å². The zero-order valence-corrected chi connectivity index (χ0v) is 38.5. The number of hydrogen-bond donors (Lipinski definition) is 0. The van der Waals surface area contributed by atoms with Gasteiger partial charge in [0, 0.05) is 0 Å². The van der Waals surface area contributed by atoms with Gasteiger partial charge in [0.15, 0.2) is 0 Å². The molecule has 0 aliphatic carbocycles. The molecule has 2 aromatic carbocycles. The van der Waals surface area contributed by atoms with Gasteiger partial charge in [0.25, 0.3) is 0 Å². The van der Waals surface area contributed by atoms with E-state index in [-0.39, 0.29) is 53.8 Å². The van der Waals surface area contributed by atoms with Crippen LogP contribution in [0, 0.1) is 11.8 Å². The summed E-state index contributed by atoms with van der Waals surface area (Å²) in [6, 6.07) is 16.9. The number of alkyl halides is 6. The van der Waals surface area contributed by atoms with Crippen LogP contribution in [0.5, 0.6) is 0 Å². The standard InChI is InChI=1S/C39H53Cl2I3O3S/c1-9-44(19-18-26-20-31(42-23-26)22-34(45)47-38(4,5)6)37(46)35-33(25(2)3)21-32(24-48-35)43-36(27-10-14-29(40)15-11-27)39(7,8)28-12-16-30(41)17-13-28/h10-17,25-26,31-32,36H,9,18-24H2,1-8H3/q-2. The van der Waals surface area contributed by atoms with E-state index in [2.05, 4.69) is 58.9 Å². The van der Waals surface area contributed by atoms with Crippen molar-refractivity contribution >= 4 is 64.5 Å². The summed E-state index contributed by atoms with van der Waals surface area (Å²) in [6.07, 6.45) is 3.94. The molecule has 0 saturated carbocycles. The normalized spacial score (nSPS) is 21.6. The van der Waals surface area contributed by atoms with Crippen molar-refractivity contribution in [1.29, 1.82) is 0 Å². The Labute approximate surface area is 332 Å². The second kappa shape index (κ2) is 18.5. The van der Waals surface area contributed by atoms with E-state index in [0.29, 0.717) is 33.8 Å². The first-order valence-electron chi connectivity index (χ1n) is 17.0. The van der Waals surface area contributed by atoms with Crippen molar-refractivity contribution in [3.63, 3.8) is 0 Å². The molecule has 0 radical (unpaired) electrons. The van der Waals surface area contributed by atoms with Crippen LogP contribution in [0.3, 0.4) is 0 Å². The van der Waals surface area contributed by atoms with E-state index in [1.165, 1.54) is 27.5 Å². The molecule has 1 fully saturated rings. The molecule has 0 bridgehead atoms. The van der Waals surface area contributed by atoms with Gasteiger partial charge in [-0.05, 0) is 0 Å². The fourth-order valence-electron chi connectivity index (χ4n) is 6.29. The minimum atomic E-state index is -1.79. The first-order chi connectivity index (χ1) is 22.6. The van der Waals surface area contributed by atoms with E-state index in [4.69, 9.17) is 27.9 Å². The van der Waals surface area contributed by atoms with Gasteiger partial charge >= 0.3 is 336 Å². The van der Waals surface area contributed by atoms with Crippen LogP contribution in [0.1, 0.15) is 96.1 Å². The van der Waals surface area contributed by atoms with Gasteiger partial charge in [-0.1, -0.05) is 0 Å². The molecule has 1 saturated heterocycles. The summed E-state index contributed by atoms with van der Waals surface area (Å²) in [5.74, 6) is 2.06. The third kappa shape index (κ3) is 11.7. The molecule has 2 aromatic rings. The fraction of sp³-hybridized carbons (Fsp3) is 0.590. The summed E-state index contributed by atoms with van der Waals surface area (Å²) in [6.45, 7) is 17.4. The second-order valence-corrected chi connectivity index (χ2v) is 30.0. The topological polar surface area (TPSA) is 43.4 Å². The maximum atomic E-state index is 14.3. The fourth-order valence-corrected chi connectivity index (χ4v) is 22.5. The SMILES string of the molecule is CCI(CCC1C[I-]C(CC(=O)OC(C)(C)C)C1)C(=O)C1=C(C(C)C)CC([I-]C(c2ccc(Cl)cc2)C(C)(C)c2ccc(Cl)cc2)CS1. The number of halogens is 5. The van der Waals surface area contributed by atoms with E-state index >= 15 is 0 Å². The van der Waals surface area contributed by atoms with E-state index in [1.54, 1.807) is 0 Å². The van der Waals surface area contributed by atoms with Gasteiger partial charge in [-0.2, -0.15) is 0 Å². The van der Waals surface area contributed by atoms with Crippen molar-refractivity contribution in [2.45, 2.75) is 104 Å². The predicted molar refractivity (Wildman–Crippen MR) is 208 cm³/mol. The molecule has 4 unspecified atom stereocenters. The van der Waals surface area contributed by atoms with Crippen molar-refractivity contribution in [3.8, 4) is 0 Å². The van der Waals surface area contributed by atoms with Crippen molar-refractivity contribution < 1.29 is 56.7 Å². The number of ether oxygens (including phenoxy) is 1. The number of allylic oxidation sites excluding steroid dienone is 2. The Morgan fingerprint density at radius 2 is 1.65 bits per heavy atom. The number of rotatable bonds is 14. The molecule has 2 heterocycles. The molecule has 2 aliphatic rings. The van der Waals surface area contributed by atoms with E-state index < -0.39 is 25.4 Å². The number of carbonyl (C=O) groups excluding carboxylic acids is 2. The molecular weight excluding hydrogens is 1000 g/mol. The molecule has 0 aromatic heterocycles. The summed E-state index contributed by atoms with van der Waals surface area (Å²) in [5, 5.41) is 1.54. The van der Waals surface area contributed by atoms with Gasteiger partial charge in [0.1, 0.15) is 0 Å². The van der Waals surface area contributed by atoms with Crippen LogP contribution in [0.2, 0.25) is 10.0 Å². The zero-order chi connectivity index (χ0) is 35.2. The molecular formula is C39H53Cl2I3O3S-2. The van der Waals surface area contributed by atoms with Gasteiger partial charge in [0.2, 0.25) is 0 Å². The number of hydrogen-bond acceptors (Lipinski definition) is 4. The molecule has 2 aliphatic heterocycles. The quantitative estimate of drug-likeness (QED) is 0.114.